The van der Waals surface area contributed by atoms with Crippen molar-refractivity contribution in [2.75, 3.05) is 18.7 Å². The summed E-state index contributed by atoms with van der Waals surface area (Å²) in [7, 11) is 1.76. The van der Waals surface area contributed by atoms with E-state index in [9.17, 15) is 0 Å². The molecule has 1 aliphatic heterocycles. The first kappa shape index (κ1) is 18.3. The van der Waals surface area contributed by atoms with Crippen molar-refractivity contribution >= 4 is 22.7 Å². The standard InChI is InChI=1S/C25H26N2O/c1-25(2,3)23-16-21(27-13-7-12-26-17-27)15-22(24(23)28-4)20-11-10-18-8-5-6-9-19(18)14-20/h5-16H,17H2,1-4H3. The maximum absolute atomic E-state index is 5.95. The molecule has 0 spiro atoms. The highest BCUT2D eigenvalue weighted by Gasteiger charge is 2.24. The number of methoxy groups -OCH3 is 1. The van der Waals surface area contributed by atoms with Gasteiger partial charge in [0.05, 0.1) is 7.11 Å². The number of benzene rings is 3. The maximum Gasteiger partial charge on any atom is 0.130 e. The molecule has 0 bridgehead atoms. The van der Waals surface area contributed by atoms with Crippen LogP contribution in [0, 0.1) is 0 Å². The third kappa shape index (κ3) is 3.40. The van der Waals surface area contributed by atoms with Gasteiger partial charge in [0.15, 0.2) is 0 Å². The molecule has 0 amide bonds. The summed E-state index contributed by atoms with van der Waals surface area (Å²) in [6.45, 7) is 7.30. The smallest absolute Gasteiger partial charge is 0.130 e. The molecule has 0 aromatic heterocycles. The summed E-state index contributed by atoms with van der Waals surface area (Å²) < 4.78 is 5.95. The summed E-state index contributed by atoms with van der Waals surface area (Å²) in [6.07, 6.45) is 5.89. The molecular formula is C25H26N2O. The average molecular weight is 370 g/mol. The summed E-state index contributed by atoms with van der Waals surface area (Å²) in [5, 5.41) is 2.47. The van der Waals surface area contributed by atoms with Crippen LogP contribution in [0.2, 0.25) is 0 Å². The number of rotatable bonds is 3. The third-order valence-electron chi connectivity index (χ3n) is 5.17. The number of ether oxygens (including phenoxy) is 1. The minimum Gasteiger partial charge on any atom is -0.496 e. The second-order valence-electron chi connectivity index (χ2n) is 8.17. The van der Waals surface area contributed by atoms with E-state index in [-0.39, 0.29) is 5.41 Å². The lowest BCUT2D eigenvalue weighted by molar-refractivity contribution is 0.399. The van der Waals surface area contributed by atoms with Crippen LogP contribution in [0.5, 0.6) is 5.75 Å². The van der Waals surface area contributed by atoms with Crippen molar-refractivity contribution in [2.45, 2.75) is 26.2 Å². The van der Waals surface area contributed by atoms with Crippen LogP contribution in [-0.2, 0) is 5.41 Å². The molecule has 0 radical (unpaired) electrons. The Labute approximate surface area is 167 Å². The molecule has 28 heavy (non-hydrogen) atoms. The quantitative estimate of drug-likeness (QED) is 0.550. The minimum absolute atomic E-state index is 0.0459. The second-order valence-corrected chi connectivity index (χ2v) is 8.17. The fraction of sp³-hybridized carbons (Fsp3) is 0.240. The van der Waals surface area contributed by atoms with Crippen molar-refractivity contribution in [3.63, 3.8) is 0 Å². The number of aliphatic imine (C=N–C) groups is 1. The van der Waals surface area contributed by atoms with E-state index in [1.807, 2.05) is 12.3 Å². The molecule has 1 heterocycles. The van der Waals surface area contributed by atoms with Crippen molar-refractivity contribution < 1.29 is 4.74 Å². The lowest BCUT2D eigenvalue weighted by Gasteiger charge is -2.28. The van der Waals surface area contributed by atoms with Gasteiger partial charge in [-0.2, -0.15) is 0 Å². The molecule has 0 unspecified atom stereocenters. The average Bonchev–Trinajstić information content (AvgIpc) is 2.72. The summed E-state index contributed by atoms with van der Waals surface area (Å²) in [4.78, 5) is 6.56. The van der Waals surface area contributed by atoms with Crippen LogP contribution in [0.15, 0.2) is 71.9 Å². The molecular weight excluding hydrogens is 344 g/mol. The number of nitrogens with zero attached hydrogens (tertiary/aromatic N) is 2. The van der Waals surface area contributed by atoms with Gasteiger partial charge in [0.1, 0.15) is 12.4 Å². The lowest BCUT2D eigenvalue weighted by atomic mass is 9.83. The first-order chi connectivity index (χ1) is 13.5. The SMILES string of the molecule is COc1c(-c2ccc3ccccc3c2)cc(N2C=CC=NC2)cc1C(C)(C)C. The first-order valence-corrected chi connectivity index (χ1v) is 9.62. The Hall–Kier alpha value is -3.07. The maximum atomic E-state index is 5.95. The van der Waals surface area contributed by atoms with Crippen molar-refractivity contribution in [1.82, 2.24) is 0 Å². The Balaban J connectivity index is 1.95. The number of fused-ring (bicyclic) bond motifs is 1. The fourth-order valence-electron chi connectivity index (χ4n) is 3.68. The Morgan fingerprint density at radius 3 is 2.43 bits per heavy atom. The second kappa shape index (κ2) is 7.16. The molecule has 0 aliphatic carbocycles. The topological polar surface area (TPSA) is 24.8 Å². The van der Waals surface area contributed by atoms with Crippen molar-refractivity contribution in [3.8, 4) is 16.9 Å². The van der Waals surface area contributed by atoms with Crippen molar-refractivity contribution in [2.24, 2.45) is 4.99 Å². The Bertz CT molecular complexity index is 1070. The van der Waals surface area contributed by atoms with Crippen LogP contribution in [0.1, 0.15) is 26.3 Å². The molecule has 0 saturated carbocycles. The predicted molar refractivity (Wildman–Crippen MR) is 120 cm³/mol. The van der Waals surface area contributed by atoms with E-state index >= 15 is 0 Å². The Morgan fingerprint density at radius 1 is 0.964 bits per heavy atom. The molecule has 3 aromatic carbocycles. The molecule has 3 nitrogen and oxygen atoms in total. The number of hydrogen-bond donors (Lipinski definition) is 0. The summed E-state index contributed by atoms with van der Waals surface area (Å²) in [5.41, 5.74) is 4.54. The van der Waals surface area contributed by atoms with E-state index in [4.69, 9.17) is 4.74 Å². The Morgan fingerprint density at radius 2 is 1.75 bits per heavy atom. The zero-order valence-corrected chi connectivity index (χ0v) is 16.9. The van der Waals surface area contributed by atoms with Crippen LogP contribution < -0.4 is 9.64 Å². The van der Waals surface area contributed by atoms with Gasteiger partial charge >= 0.3 is 0 Å². The highest BCUT2D eigenvalue weighted by Crippen LogP contribution is 2.43. The van der Waals surface area contributed by atoms with Crippen LogP contribution in [0.4, 0.5) is 5.69 Å². The number of allylic oxidation sites excluding steroid dienone is 1. The van der Waals surface area contributed by atoms with Gasteiger partial charge in [-0.15, -0.1) is 0 Å². The van der Waals surface area contributed by atoms with Gasteiger partial charge in [0.2, 0.25) is 0 Å². The van der Waals surface area contributed by atoms with E-state index < -0.39 is 0 Å². The van der Waals surface area contributed by atoms with E-state index in [0.717, 1.165) is 22.6 Å². The zero-order chi connectivity index (χ0) is 19.7. The van der Waals surface area contributed by atoms with E-state index in [1.165, 1.54) is 16.3 Å². The van der Waals surface area contributed by atoms with Gasteiger partial charge in [-0.1, -0.05) is 57.2 Å². The molecule has 0 saturated heterocycles. The van der Waals surface area contributed by atoms with Gasteiger partial charge in [0, 0.05) is 29.2 Å². The third-order valence-corrected chi connectivity index (χ3v) is 5.17. The van der Waals surface area contributed by atoms with Gasteiger partial charge in [0.25, 0.3) is 0 Å². The van der Waals surface area contributed by atoms with Crippen LogP contribution in [0.3, 0.4) is 0 Å². The van der Waals surface area contributed by atoms with Gasteiger partial charge in [-0.25, -0.2) is 0 Å². The summed E-state index contributed by atoms with van der Waals surface area (Å²) >= 11 is 0. The summed E-state index contributed by atoms with van der Waals surface area (Å²) in [5.74, 6) is 0.941. The normalized spacial score (nSPS) is 13.9. The van der Waals surface area contributed by atoms with E-state index in [0.29, 0.717) is 6.67 Å². The fourth-order valence-corrected chi connectivity index (χ4v) is 3.68. The zero-order valence-electron chi connectivity index (χ0n) is 16.9. The molecule has 142 valence electrons. The molecule has 4 rings (SSSR count). The van der Waals surface area contributed by atoms with Gasteiger partial charge < -0.3 is 9.64 Å². The van der Waals surface area contributed by atoms with Gasteiger partial charge in [-0.05, 0) is 46.0 Å². The monoisotopic (exact) mass is 370 g/mol. The Kier molecular flexibility index (Phi) is 4.68. The highest BCUT2D eigenvalue weighted by atomic mass is 16.5. The highest BCUT2D eigenvalue weighted by molar-refractivity contribution is 5.89. The largest absolute Gasteiger partial charge is 0.496 e. The van der Waals surface area contributed by atoms with Crippen molar-refractivity contribution in [1.29, 1.82) is 0 Å². The molecule has 0 atom stereocenters. The molecule has 0 fully saturated rings. The molecule has 0 N–H and O–H groups in total. The number of hydrogen-bond acceptors (Lipinski definition) is 3. The summed E-state index contributed by atoms with van der Waals surface area (Å²) in [6, 6.07) is 19.5. The predicted octanol–water partition coefficient (Wildman–Crippen LogP) is 6.17. The first-order valence-electron chi connectivity index (χ1n) is 9.62. The molecule has 3 aromatic rings. The number of anilines is 1. The minimum atomic E-state index is -0.0459. The van der Waals surface area contributed by atoms with E-state index in [1.54, 1.807) is 7.11 Å². The molecule has 3 heteroatoms. The van der Waals surface area contributed by atoms with Crippen LogP contribution in [-0.4, -0.2) is 20.0 Å². The van der Waals surface area contributed by atoms with Gasteiger partial charge in [-0.3, -0.25) is 4.99 Å². The van der Waals surface area contributed by atoms with Crippen molar-refractivity contribution in [3.05, 3.63) is 72.4 Å². The van der Waals surface area contributed by atoms with E-state index in [2.05, 4.69) is 91.5 Å². The lowest BCUT2D eigenvalue weighted by Crippen LogP contribution is -2.20. The van der Waals surface area contributed by atoms with Crippen LogP contribution in [0.25, 0.3) is 21.9 Å². The van der Waals surface area contributed by atoms with Crippen LogP contribution >= 0.6 is 0 Å². The molecule has 1 aliphatic rings.